The number of anilines is 2. The maximum absolute atomic E-state index is 9.19. The van der Waals surface area contributed by atoms with Crippen LogP contribution in [0.15, 0.2) is 0 Å². The quantitative estimate of drug-likeness (QED) is 0.890. The molecule has 1 aromatic rings. The summed E-state index contributed by atoms with van der Waals surface area (Å²) >= 11 is 6.03. The number of halogens is 1. The Morgan fingerprint density at radius 2 is 1.85 bits per heavy atom. The van der Waals surface area contributed by atoms with E-state index < -0.39 is 0 Å². The van der Waals surface area contributed by atoms with Crippen molar-refractivity contribution in [1.82, 2.24) is 15.0 Å². The predicted octanol–water partition coefficient (Wildman–Crippen LogP) is 1.58. The Morgan fingerprint density at radius 1 is 1.20 bits per heavy atom. The smallest absolute Gasteiger partial charge is 0.231 e. The van der Waals surface area contributed by atoms with Crippen molar-refractivity contribution in [3.63, 3.8) is 0 Å². The lowest BCUT2D eigenvalue weighted by Crippen LogP contribution is -2.36. The van der Waals surface area contributed by atoms with E-state index in [2.05, 4.69) is 38.6 Å². The van der Waals surface area contributed by atoms with Gasteiger partial charge in [0.2, 0.25) is 17.2 Å². The fraction of sp³-hybridized carbons (Fsp3) is 0.769. The second-order valence-corrected chi connectivity index (χ2v) is 5.33. The number of rotatable bonds is 5. The molecule has 0 radical (unpaired) electrons. The largest absolute Gasteiger partial charge is 0.396 e. The maximum Gasteiger partial charge on any atom is 0.231 e. The van der Waals surface area contributed by atoms with Gasteiger partial charge in [-0.1, -0.05) is 0 Å². The monoisotopic (exact) mass is 299 g/mol. The highest BCUT2D eigenvalue weighted by Gasteiger charge is 2.22. The van der Waals surface area contributed by atoms with Gasteiger partial charge in [0.05, 0.1) is 0 Å². The molecule has 0 amide bonds. The molecule has 6 nitrogen and oxygen atoms in total. The maximum atomic E-state index is 9.19. The van der Waals surface area contributed by atoms with Crippen molar-refractivity contribution in [3.05, 3.63) is 5.28 Å². The van der Waals surface area contributed by atoms with E-state index in [9.17, 15) is 5.11 Å². The summed E-state index contributed by atoms with van der Waals surface area (Å²) in [5.74, 6) is 1.67. The lowest BCUT2D eigenvalue weighted by atomic mass is 9.98. The van der Waals surface area contributed by atoms with E-state index in [1.165, 1.54) is 0 Å². The Kier molecular flexibility index (Phi) is 5.37. The molecular formula is C13H22ClN5O. The van der Waals surface area contributed by atoms with Crippen molar-refractivity contribution < 1.29 is 5.11 Å². The molecule has 0 atom stereocenters. The van der Waals surface area contributed by atoms with Crippen LogP contribution in [0.4, 0.5) is 11.9 Å². The molecule has 112 valence electrons. The molecule has 1 fully saturated rings. The summed E-state index contributed by atoms with van der Waals surface area (Å²) < 4.78 is 0. The lowest BCUT2D eigenvalue weighted by Gasteiger charge is -2.31. The molecule has 0 aliphatic carbocycles. The minimum atomic E-state index is 0.237. The minimum absolute atomic E-state index is 0.237. The van der Waals surface area contributed by atoms with Gasteiger partial charge in [-0.3, -0.25) is 0 Å². The molecule has 7 heteroatoms. The summed E-state index contributed by atoms with van der Waals surface area (Å²) in [6.07, 6.45) is 1.92. The zero-order chi connectivity index (χ0) is 14.5. The van der Waals surface area contributed by atoms with Gasteiger partial charge in [-0.15, -0.1) is 0 Å². The molecule has 0 bridgehead atoms. The third kappa shape index (κ3) is 3.49. The van der Waals surface area contributed by atoms with E-state index in [-0.39, 0.29) is 11.9 Å². The molecule has 1 aliphatic rings. The second-order valence-electron chi connectivity index (χ2n) is 4.99. The summed E-state index contributed by atoms with van der Waals surface area (Å²) in [4.78, 5) is 17.1. The fourth-order valence-corrected chi connectivity index (χ4v) is 2.59. The third-order valence-electron chi connectivity index (χ3n) is 3.79. The first kappa shape index (κ1) is 15.3. The Morgan fingerprint density at radius 3 is 2.40 bits per heavy atom. The first-order chi connectivity index (χ1) is 9.67. The molecule has 1 saturated heterocycles. The van der Waals surface area contributed by atoms with Crippen LogP contribution in [-0.2, 0) is 0 Å². The highest BCUT2D eigenvalue weighted by molar-refractivity contribution is 6.28. The van der Waals surface area contributed by atoms with Crippen molar-refractivity contribution in [2.75, 3.05) is 42.6 Å². The summed E-state index contributed by atoms with van der Waals surface area (Å²) in [6.45, 7) is 7.76. The number of aliphatic hydroxyl groups is 1. The normalized spacial score (nSPS) is 16.5. The number of hydrogen-bond donors (Lipinski definition) is 1. The van der Waals surface area contributed by atoms with Crippen LogP contribution < -0.4 is 9.80 Å². The predicted molar refractivity (Wildman–Crippen MR) is 80.4 cm³/mol. The van der Waals surface area contributed by atoms with Crippen molar-refractivity contribution in [3.8, 4) is 0 Å². The Hall–Kier alpha value is -1.14. The van der Waals surface area contributed by atoms with Crippen LogP contribution in [-0.4, -0.2) is 52.8 Å². The van der Waals surface area contributed by atoms with Gasteiger partial charge in [0, 0.05) is 32.8 Å². The van der Waals surface area contributed by atoms with Gasteiger partial charge < -0.3 is 14.9 Å². The van der Waals surface area contributed by atoms with Gasteiger partial charge in [0.25, 0.3) is 0 Å². The van der Waals surface area contributed by atoms with Crippen LogP contribution in [0.5, 0.6) is 0 Å². The van der Waals surface area contributed by atoms with Crippen LogP contribution in [0.2, 0.25) is 5.28 Å². The SMILES string of the molecule is CCN(CC)c1nc(Cl)nc(N2CCC(CO)CC2)n1. The molecular weight excluding hydrogens is 278 g/mol. The van der Waals surface area contributed by atoms with Crippen LogP contribution in [0, 0.1) is 5.92 Å². The molecule has 0 spiro atoms. The van der Waals surface area contributed by atoms with E-state index in [1.54, 1.807) is 0 Å². The number of nitrogens with zero attached hydrogens (tertiary/aromatic N) is 5. The first-order valence-electron chi connectivity index (χ1n) is 7.20. The van der Waals surface area contributed by atoms with Crippen LogP contribution in [0.25, 0.3) is 0 Å². The average Bonchev–Trinajstić information content (AvgIpc) is 2.48. The Labute approximate surface area is 124 Å². The van der Waals surface area contributed by atoms with Gasteiger partial charge >= 0.3 is 0 Å². The summed E-state index contributed by atoms with van der Waals surface area (Å²) in [5.41, 5.74) is 0. The van der Waals surface area contributed by atoms with Gasteiger partial charge in [-0.2, -0.15) is 15.0 Å². The fourth-order valence-electron chi connectivity index (χ4n) is 2.43. The van der Waals surface area contributed by atoms with Crippen molar-refractivity contribution in [1.29, 1.82) is 0 Å². The molecule has 1 aliphatic heterocycles. The topological polar surface area (TPSA) is 65.4 Å². The molecule has 2 rings (SSSR count). The van der Waals surface area contributed by atoms with Crippen LogP contribution in [0.3, 0.4) is 0 Å². The van der Waals surface area contributed by atoms with Crippen LogP contribution in [0.1, 0.15) is 26.7 Å². The standard InChI is InChI=1S/C13H22ClN5O/c1-3-18(4-2)12-15-11(14)16-13(17-12)19-7-5-10(9-20)6-8-19/h10,20H,3-9H2,1-2H3. The number of aliphatic hydroxyl groups excluding tert-OH is 1. The zero-order valence-electron chi connectivity index (χ0n) is 12.1. The molecule has 1 N–H and O–H groups in total. The van der Waals surface area contributed by atoms with E-state index >= 15 is 0 Å². The van der Waals surface area contributed by atoms with E-state index in [4.69, 9.17) is 11.6 Å². The number of piperidine rings is 1. The van der Waals surface area contributed by atoms with Crippen molar-refractivity contribution in [2.24, 2.45) is 5.92 Å². The van der Waals surface area contributed by atoms with E-state index in [1.807, 2.05) is 0 Å². The van der Waals surface area contributed by atoms with Gasteiger partial charge in [0.1, 0.15) is 0 Å². The van der Waals surface area contributed by atoms with Gasteiger partial charge in [-0.25, -0.2) is 0 Å². The van der Waals surface area contributed by atoms with Crippen molar-refractivity contribution in [2.45, 2.75) is 26.7 Å². The molecule has 20 heavy (non-hydrogen) atoms. The molecule has 0 aromatic carbocycles. The highest BCUT2D eigenvalue weighted by Crippen LogP contribution is 2.22. The molecule has 1 aromatic heterocycles. The van der Waals surface area contributed by atoms with Gasteiger partial charge in [-0.05, 0) is 44.2 Å². The van der Waals surface area contributed by atoms with E-state index in [0.717, 1.165) is 39.0 Å². The summed E-state index contributed by atoms with van der Waals surface area (Å²) in [6, 6.07) is 0. The molecule has 0 saturated carbocycles. The third-order valence-corrected chi connectivity index (χ3v) is 3.96. The summed E-state index contributed by atoms with van der Waals surface area (Å²) in [7, 11) is 0. The summed E-state index contributed by atoms with van der Waals surface area (Å²) in [5, 5.41) is 9.42. The second kappa shape index (κ2) is 7.04. The van der Waals surface area contributed by atoms with Crippen LogP contribution >= 0.6 is 11.6 Å². The Bertz CT molecular complexity index is 433. The first-order valence-corrected chi connectivity index (χ1v) is 7.58. The van der Waals surface area contributed by atoms with Gasteiger partial charge in [0.15, 0.2) is 0 Å². The zero-order valence-corrected chi connectivity index (χ0v) is 12.8. The lowest BCUT2D eigenvalue weighted by molar-refractivity contribution is 0.202. The van der Waals surface area contributed by atoms with E-state index in [0.29, 0.717) is 17.8 Å². The number of hydrogen-bond acceptors (Lipinski definition) is 6. The Balaban J connectivity index is 2.16. The average molecular weight is 300 g/mol. The molecule has 2 heterocycles. The van der Waals surface area contributed by atoms with Crippen molar-refractivity contribution >= 4 is 23.5 Å². The highest BCUT2D eigenvalue weighted by atomic mass is 35.5. The molecule has 0 unspecified atom stereocenters. The minimum Gasteiger partial charge on any atom is -0.396 e. The number of aromatic nitrogens is 3.